The van der Waals surface area contributed by atoms with Crippen molar-refractivity contribution in [2.75, 3.05) is 18.9 Å². The normalized spacial score (nSPS) is 16.9. The highest BCUT2D eigenvalue weighted by molar-refractivity contribution is 7.10. The first kappa shape index (κ1) is 15.0. The minimum Gasteiger partial charge on any atom is -0.378 e. The average molecular weight is 315 g/mol. The number of nitrogens with one attached hydrogen (secondary N) is 2. The van der Waals surface area contributed by atoms with Crippen LogP contribution in [0, 0.1) is 6.92 Å². The fraction of sp³-hybridized carbons (Fsp3) is 0.412. The van der Waals surface area contributed by atoms with Crippen LogP contribution in [-0.2, 0) is 6.42 Å². The molecule has 5 heteroatoms. The predicted octanol–water partition coefficient (Wildman–Crippen LogP) is 3.34. The smallest absolute Gasteiger partial charge is 0.256 e. The van der Waals surface area contributed by atoms with Gasteiger partial charge >= 0.3 is 0 Å². The second kappa shape index (κ2) is 6.48. The maximum atomic E-state index is 12.5. The number of carbonyl (C=O) groups excluding carboxylic acids is 1. The van der Waals surface area contributed by atoms with Crippen molar-refractivity contribution < 1.29 is 4.79 Å². The summed E-state index contributed by atoms with van der Waals surface area (Å²) >= 11 is 1.33. The van der Waals surface area contributed by atoms with Crippen LogP contribution in [0.25, 0.3) is 0 Å². The van der Waals surface area contributed by atoms with E-state index in [2.05, 4.69) is 39.3 Å². The third-order valence-corrected chi connectivity index (χ3v) is 5.28. The molecule has 0 saturated heterocycles. The zero-order valence-corrected chi connectivity index (χ0v) is 13.8. The lowest BCUT2D eigenvalue weighted by atomic mass is 9.83. The molecule has 0 fully saturated rings. The number of benzene rings is 1. The second-order valence-corrected chi connectivity index (χ2v) is 6.49. The first-order valence-corrected chi connectivity index (χ1v) is 8.48. The molecule has 0 bridgehead atoms. The first-order valence-electron chi connectivity index (χ1n) is 7.70. The number of hydrogen-bond donors (Lipinski definition) is 2. The van der Waals surface area contributed by atoms with Crippen molar-refractivity contribution in [1.82, 2.24) is 9.69 Å². The van der Waals surface area contributed by atoms with Crippen molar-refractivity contribution in [1.29, 1.82) is 0 Å². The van der Waals surface area contributed by atoms with E-state index in [4.69, 9.17) is 0 Å². The van der Waals surface area contributed by atoms with Gasteiger partial charge in [0.25, 0.3) is 5.91 Å². The van der Waals surface area contributed by atoms with Gasteiger partial charge in [0.05, 0.1) is 11.3 Å². The van der Waals surface area contributed by atoms with Crippen molar-refractivity contribution >= 4 is 22.4 Å². The number of aryl methyl sites for hydroxylation is 2. The van der Waals surface area contributed by atoms with Crippen molar-refractivity contribution in [2.24, 2.45) is 0 Å². The molecule has 0 unspecified atom stereocenters. The van der Waals surface area contributed by atoms with Crippen LogP contribution in [0.1, 0.15) is 45.9 Å². The van der Waals surface area contributed by atoms with E-state index in [-0.39, 0.29) is 5.91 Å². The third kappa shape index (κ3) is 2.86. The highest BCUT2D eigenvalue weighted by atomic mass is 32.1. The molecule has 1 heterocycles. The zero-order chi connectivity index (χ0) is 15.5. The molecular formula is C17H21N3OS. The van der Waals surface area contributed by atoms with Gasteiger partial charge < -0.3 is 10.6 Å². The summed E-state index contributed by atoms with van der Waals surface area (Å²) in [5.74, 6) is 0.387. The van der Waals surface area contributed by atoms with Crippen molar-refractivity contribution in [2.45, 2.75) is 32.1 Å². The monoisotopic (exact) mass is 315 g/mol. The Bertz CT molecular complexity index is 680. The van der Waals surface area contributed by atoms with E-state index in [1.54, 1.807) is 0 Å². The third-order valence-electron chi connectivity index (χ3n) is 4.32. The number of amides is 1. The van der Waals surface area contributed by atoms with Gasteiger partial charge in [-0.15, -0.1) is 0 Å². The Morgan fingerprint density at radius 3 is 3.05 bits per heavy atom. The predicted molar refractivity (Wildman–Crippen MR) is 90.9 cm³/mol. The average Bonchev–Trinajstić information content (AvgIpc) is 2.93. The molecule has 0 spiro atoms. The fourth-order valence-corrected chi connectivity index (χ4v) is 3.92. The van der Waals surface area contributed by atoms with E-state index in [1.165, 1.54) is 29.1 Å². The van der Waals surface area contributed by atoms with Crippen LogP contribution < -0.4 is 10.6 Å². The largest absolute Gasteiger partial charge is 0.378 e. The van der Waals surface area contributed by atoms with Gasteiger partial charge in [-0.1, -0.05) is 24.3 Å². The fourth-order valence-electron chi connectivity index (χ4n) is 3.18. The van der Waals surface area contributed by atoms with Crippen LogP contribution in [0.4, 0.5) is 5.00 Å². The summed E-state index contributed by atoms with van der Waals surface area (Å²) in [5, 5.41) is 6.98. The lowest BCUT2D eigenvalue weighted by Crippen LogP contribution is -2.30. The SMILES string of the molecule is CNc1snc(C)c1C(=O)NC[C@H]1CCCc2ccccc21. The quantitative estimate of drug-likeness (QED) is 0.910. The van der Waals surface area contributed by atoms with Crippen molar-refractivity contribution in [3.05, 3.63) is 46.6 Å². The molecule has 1 aromatic heterocycles. The van der Waals surface area contributed by atoms with Gasteiger partial charge in [-0.3, -0.25) is 4.79 Å². The summed E-state index contributed by atoms with van der Waals surface area (Å²) in [6.07, 6.45) is 3.48. The Balaban J connectivity index is 1.71. The van der Waals surface area contributed by atoms with Crippen molar-refractivity contribution in [3.8, 4) is 0 Å². The molecule has 0 saturated carbocycles. The molecular weight excluding hydrogens is 294 g/mol. The molecule has 4 nitrogen and oxygen atoms in total. The number of aromatic nitrogens is 1. The summed E-state index contributed by atoms with van der Waals surface area (Å²) in [6, 6.07) is 8.58. The minimum absolute atomic E-state index is 0.0290. The Morgan fingerprint density at radius 2 is 2.23 bits per heavy atom. The number of fused-ring (bicyclic) bond motifs is 1. The number of anilines is 1. The van der Waals surface area contributed by atoms with E-state index in [9.17, 15) is 4.79 Å². The van der Waals surface area contributed by atoms with E-state index in [0.717, 1.165) is 23.5 Å². The van der Waals surface area contributed by atoms with Crippen LogP contribution in [0.15, 0.2) is 24.3 Å². The summed E-state index contributed by atoms with van der Waals surface area (Å²) in [5.41, 5.74) is 4.29. The van der Waals surface area contributed by atoms with Gasteiger partial charge in [-0.2, -0.15) is 4.37 Å². The number of carbonyl (C=O) groups is 1. The molecule has 0 radical (unpaired) electrons. The van der Waals surface area contributed by atoms with Gasteiger partial charge in [0.2, 0.25) is 0 Å². The summed E-state index contributed by atoms with van der Waals surface area (Å²) in [4.78, 5) is 12.5. The number of hydrogen-bond acceptors (Lipinski definition) is 4. The van der Waals surface area contributed by atoms with E-state index in [1.807, 2.05) is 14.0 Å². The van der Waals surface area contributed by atoms with E-state index >= 15 is 0 Å². The Kier molecular flexibility index (Phi) is 4.43. The van der Waals surface area contributed by atoms with Crippen LogP contribution in [0.2, 0.25) is 0 Å². The van der Waals surface area contributed by atoms with E-state index < -0.39 is 0 Å². The molecule has 1 aliphatic carbocycles. The van der Waals surface area contributed by atoms with Gasteiger partial charge in [0.1, 0.15) is 5.00 Å². The van der Waals surface area contributed by atoms with Crippen LogP contribution >= 0.6 is 11.5 Å². The van der Waals surface area contributed by atoms with Crippen molar-refractivity contribution in [3.63, 3.8) is 0 Å². The minimum atomic E-state index is -0.0290. The summed E-state index contributed by atoms with van der Waals surface area (Å²) < 4.78 is 4.26. The first-order chi connectivity index (χ1) is 10.7. The van der Waals surface area contributed by atoms with Crippen LogP contribution in [0.3, 0.4) is 0 Å². The zero-order valence-electron chi connectivity index (χ0n) is 13.0. The van der Waals surface area contributed by atoms with Gasteiger partial charge in [0.15, 0.2) is 0 Å². The maximum Gasteiger partial charge on any atom is 0.256 e. The number of rotatable bonds is 4. The molecule has 1 aliphatic rings. The highest BCUT2D eigenvalue weighted by Gasteiger charge is 2.22. The lowest BCUT2D eigenvalue weighted by molar-refractivity contribution is 0.0950. The maximum absolute atomic E-state index is 12.5. The highest BCUT2D eigenvalue weighted by Crippen LogP contribution is 2.31. The van der Waals surface area contributed by atoms with E-state index in [0.29, 0.717) is 18.0 Å². The molecule has 2 aromatic rings. The Hall–Kier alpha value is -1.88. The molecule has 1 atom stereocenters. The molecule has 3 rings (SSSR count). The Morgan fingerprint density at radius 1 is 1.41 bits per heavy atom. The summed E-state index contributed by atoms with van der Waals surface area (Å²) in [7, 11) is 1.82. The molecule has 2 N–H and O–H groups in total. The molecule has 0 aliphatic heterocycles. The topological polar surface area (TPSA) is 54.0 Å². The number of nitrogens with zero attached hydrogens (tertiary/aromatic N) is 1. The molecule has 116 valence electrons. The molecule has 1 aromatic carbocycles. The van der Waals surface area contributed by atoms with Gasteiger partial charge in [-0.25, -0.2) is 0 Å². The molecule has 22 heavy (non-hydrogen) atoms. The van der Waals surface area contributed by atoms with Crippen LogP contribution in [0.5, 0.6) is 0 Å². The second-order valence-electron chi connectivity index (χ2n) is 5.72. The standard InChI is InChI=1S/C17H21N3OS/c1-11-15(17(18-2)22-20-11)16(21)19-10-13-8-5-7-12-6-3-4-9-14(12)13/h3-4,6,9,13,18H,5,7-8,10H2,1-2H3,(H,19,21)/t13-/m1/s1. The van der Waals surface area contributed by atoms with Crippen LogP contribution in [-0.4, -0.2) is 23.9 Å². The molecule has 1 amide bonds. The van der Waals surface area contributed by atoms with Gasteiger partial charge in [-0.05, 0) is 48.8 Å². The van der Waals surface area contributed by atoms with Gasteiger partial charge in [0, 0.05) is 19.5 Å². The summed E-state index contributed by atoms with van der Waals surface area (Å²) in [6.45, 7) is 2.57. The Labute approximate surface area is 135 Å². The lowest BCUT2D eigenvalue weighted by Gasteiger charge is -2.25.